The van der Waals surface area contributed by atoms with Crippen molar-refractivity contribution in [3.8, 4) is 0 Å². The van der Waals surface area contributed by atoms with E-state index in [2.05, 4.69) is 5.32 Å². The van der Waals surface area contributed by atoms with Gasteiger partial charge in [-0.05, 0) is 37.1 Å². The normalized spacial score (nSPS) is 11.7. The van der Waals surface area contributed by atoms with Crippen molar-refractivity contribution in [3.63, 3.8) is 0 Å². The molecule has 0 unspecified atom stereocenters. The minimum absolute atomic E-state index is 0.147. The highest BCUT2D eigenvalue weighted by atomic mass is 19.1. The molecule has 0 aliphatic carbocycles. The van der Waals surface area contributed by atoms with E-state index >= 15 is 0 Å². The highest BCUT2D eigenvalue weighted by Crippen LogP contribution is 2.14. The lowest BCUT2D eigenvalue weighted by Gasteiger charge is -2.28. The lowest BCUT2D eigenvalue weighted by molar-refractivity contribution is -0.139. The van der Waals surface area contributed by atoms with Crippen LogP contribution >= 0.6 is 0 Å². The largest absolute Gasteiger partial charge is 0.357 e. The molecule has 0 saturated heterocycles. The summed E-state index contributed by atoms with van der Waals surface area (Å²) >= 11 is 0. The molecule has 2 aromatic rings. The minimum atomic E-state index is -0.618. The summed E-state index contributed by atoms with van der Waals surface area (Å²) in [5.41, 5.74) is 2.75. The van der Waals surface area contributed by atoms with Crippen LogP contribution in [-0.4, -0.2) is 29.8 Å². The van der Waals surface area contributed by atoms with Crippen molar-refractivity contribution in [3.05, 3.63) is 71.0 Å². The number of nitrogens with one attached hydrogen (secondary N) is 1. The summed E-state index contributed by atoms with van der Waals surface area (Å²) in [7, 11) is 1.54. The van der Waals surface area contributed by atoms with Crippen molar-refractivity contribution >= 4 is 11.8 Å². The Hall–Kier alpha value is -2.69. The SMILES string of the molecule is CNC(=O)[C@@H](C)N(Cc1ccc(F)cc1)C(=O)Cc1cccc(C)c1. The van der Waals surface area contributed by atoms with E-state index in [1.54, 1.807) is 26.1 Å². The number of benzene rings is 2. The van der Waals surface area contributed by atoms with Gasteiger partial charge in [0.25, 0.3) is 0 Å². The van der Waals surface area contributed by atoms with Crippen LogP contribution in [0.15, 0.2) is 48.5 Å². The third-order valence-corrected chi connectivity index (χ3v) is 4.12. The number of amides is 2. The molecule has 2 amide bonds. The van der Waals surface area contributed by atoms with E-state index in [9.17, 15) is 14.0 Å². The first kappa shape index (κ1) is 18.6. The Morgan fingerprint density at radius 3 is 2.40 bits per heavy atom. The highest BCUT2D eigenvalue weighted by molar-refractivity contribution is 5.88. The molecule has 1 atom stereocenters. The Morgan fingerprint density at radius 2 is 1.80 bits per heavy atom. The first-order valence-corrected chi connectivity index (χ1v) is 8.21. The van der Waals surface area contributed by atoms with Crippen LogP contribution in [0.25, 0.3) is 0 Å². The third kappa shape index (κ3) is 5.14. The molecule has 0 saturated carbocycles. The number of carbonyl (C=O) groups excluding carboxylic acids is 2. The van der Waals surface area contributed by atoms with Gasteiger partial charge in [0.15, 0.2) is 0 Å². The van der Waals surface area contributed by atoms with Crippen molar-refractivity contribution in [1.82, 2.24) is 10.2 Å². The predicted octanol–water partition coefficient (Wildman–Crippen LogP) is 2.84. The van der Waals surface area contributed by atoms with Crippen molar-refractivity contribution < 1.29 is 14.0 Å². The van der Waals surface area contributed by atoms with Gasteiger partial charge in [-0.2, -0.15) is 0 Å². The number of likely N-dealkylation sites (N-methyl/N-ethyl adjacent to an activating group) is 1. The summed E-state index contributed by atoms with van der Waals surface area (Å²) < 4.78 is 13.1. The fourth-order valence-electron chi connectivity index (χ4n) is 2.68. The summed E-state index contributed by atoms with van der Waals surface area (Å²) in [6.45, 7) is 3.91. The quantitative estimate of drug-likeness (QED) is 0.878. The van der Waals surface area contributed by atoms with Crippen LogP contribution in [0.1, 0.15) is 23.6 Å². The van der Waals surface area contributed by atoms with Crippen molar-refractivity contribution in [2.75, 3.05) is 7.05 Å². The Bertz CT molecular complexity index is 744. The van der Waals surface area contributed by atoms with Crippen molar-refractivity contribution in [2.45, 2.75) is 32.9 Å². The molecule has 0 aliphatic rings. The molecule has 0 heterocycles. The van der Waals surface area contributed by atoms with E-state index in [4.69, 9.17) is 0 Å². The summed E-state index contributed by atoms with van der Waals surface area (Å²) in [6, 6.07) is 13.1. The van der Waals surface area contributed by atoms with Crippen LogP contribution in [0.4, 0.5) is 4.39 Å². The number of carbonyl (C=O) groups is 2. The zero-order chi connectivity index (χ0) is 18.4. The van der Waals surface area contributed by atoms with Gasteiger partial charge in [-0.15, -0.1) is 0 Å². The highest BCUT2D eigenvalue weighted by Gasteiger charge is 2.25. The second-order valence-electron chi connectivity index (χ2n) is 6.10. The van der Waals surface area contributed by atoms with Crippen molar-refractivity contribution in [2.24, 2.45) is 0 Å². The Morgan fingerprint density at radius 1 is 1.12 bits per heavy atom. The van der Waals surface area contributed by atoms with Gasteiger partial charge in [-0.1, -0.05) is 42.0 Å². The maximum Gasteiger partial charge on any atom is 0.242 e. The minimum Gasteiger partial charge on any atom is -0.357 e. The molecule has 0 aromatic heterocycles. The topological polar surface area (TPSA) is 49.4 Å². The zero-order valence-electron chi connectivity index (χ0n) is 14.8. The molecule has 5 heteroatoms. The van der Waals surface area contributed by atoms with E-state index in [0.29, 0.717) is 0 Å². The molecule has 0 radical (unpaired) electrons. The van der Waals surface area contributed by atoms with Gasteiger partial charge in [0.05, 0.1) is 6.42 Å². The van der Waals surface area contributed by atoms with E-state index in [-0.39, 0.29) is 30.6 Å². The van der Waals surface area contributed by atoms with E-state index < -0.39 is 6.04 Å². The average molecular weight is 342 g/mol. The molecule has 25 heavy (non-hydrogen) atoms. The first-order valence-electron chi connectivity index (χ1n) is 8.21. The molecule has 2 aromatic carbocycles. The van der Waals surface area contributed by atoms with Gasteiger partial charge in [-0.25, -0.2) is 4.39 Å². The number of hydrogen-bond donors (Lipinski definition) is 1. The van der Waals surface area contributed by atoms with Crippen LogP contribution in [-0.2, 0) is 22.6 Å². The van der Waals surface area contributed by atoms with E-state index in [1.165, 1.54) is 17.0 Å². The summed E-state index contributed by atoms with van der Waals surface area (Å²) in [6.07, 6.45) is 0.213. The number of hydrogen-bond acceptors (Lipinski definition) is 2. The van der Waals surface area contributed by atoms with Gasteiger partial charge in [-0.3, -0.25) is 9.59 Å². The smallest absolute Gasteiger partial charge is 0.242 e. The molecule has 4 nitrogen and oxygen atoms in total. The Kier molecular flexibility index (Phi) is 6.28. The van der Waals surface area contributed by atoms with Crippen LogP contribution in [0.3, 0.4) is 0 Å². The first-order chi connectivity index (χ1) is 11.9. The molecular formula is C20H23FN2O2. The summed E-state index contributed by atoms with van der Waals surface area (Å²) in [5, 5.41) is 2.58. The molecule has 1 N–H and O–H groups in total. The number of aryl methyl sites for hydroxylation is 1. The van der Waals surface area contributed by atoms with Gasteiger partial charge in [0.2, 0.25) is 11.8 Å². The van der Waals surface area contributed by atoms with Crippen LogP contribution in [0, 0.1) is 12.7 Å². The average Bonchev–Trinajstić information content (AvgIpc) is 2.59. The maximum absolute atomic E-state index is 13.1. The van der Waals surface area contributed by atoms with Gasteiger partial charge in [0, 0.05) is 13.6 Å². The molecule has 2 rings (SSSR count). The Labute approximate surface area is 147 Å². The molecule has 0 spiro atoms. The standard InChI is InChI=1S/C20H23FN2O2/c1-14-5-4-6-17(11-14)12-19(24)23(15(2)20(25)22-3)13-16-7-9-18(21)10-8-16/h4-11,15H,12-13H2,1-3H3,(H,22,25)/t15-/m1/s1. The fraction of sp³-hybridized carbons (Fsp3) is 0.300. The monoisotopic (exact) mass is 342 g/mol. The molecule has 0 fully saturated rings. The summed E-state index contributed by atoms with van der Waals surface area (Å²) in [4.78, 5) is 26.4. The second-order valence-corrected chi connectivity index (χ2v) is 6.10. The lowest BCUT2D eigenvalue weighted by Crippen LogP contribution is -2.47. The molecule has 0 bridgehead atoms. The maximum atomic E-state index is 13.1. The molecule has 0 aliphatic heterocycles. The van der Waals surface area contributed by atoms with E-state index in [1.807, 2.05) is 31.2 Å². The fourth-order valence-corrected chi connectivity index (χ4v) is 2.68. The predicted molar refractivity (Wildman–Crippen MR) is 95.4 cm³/mol. The second kappa shape index (κ2) is 8.42. The zero-order valence-corrected chi connectivity index (χ0v) is 14.8. The lowest BCUT2D eigenvalue weighted by atomic mass is 10.1. The van der Waals surface area contributed by atoms with Crippen LogP contribution in [0.2, 0.25) is 0 Å². The van der Waals surface area contributed by atoms with Crippen LogP contribution < -0.4 is 5.32 Å². The van der Waals surface area contributed by atoms with Gasteiger partial charge >= 0.3 is 0 Å². The van der Waals surface area contributed by atoms with Crippen LogP contribution in [0.5, 0.6) is 0 Å². The van der Waals surface area contributed by atoms with E-state index in [0.717, 1.165) is 16.7 Å². The number of rotatable bonds is 6. The Balaban J connectivity index is 2.21. The van der Waals surface area contributed by atoms with Gasteiger partial charge < -0.3 is 10.2 Å². The molecule has 132 valence electrons. The third-order valence-electron chi connectivity index (χ3n) is 4.12. The van der Waals surface area contributed by atoms with Gasteiger partial charge in [0.1, 0.15) is 11.9 Å². The summed E-state index contributed by atoms with van der Waals surface area (Å²) in [5.74, 6) is -0.716. The number of nitrogens with zero attached hydrogens (tertiary/aromatic N) is 1. The molecular weight excluding hydrogens is 319 g/mol. The number of halogens is 1. The van der Waals surface area contributed by atoms with Crippen molar-refractivity contribution in [1.29, 1.82) is 0 Å².